The predicted molar refractivity (Wildman–Crippen MR) is 239 cm³/mol. The quantitative estimate of drug-likeness (QED) is 0.0184. The van der Waals surface area contributed by atoms with Gasteiger partial charge in [-0.3, -0.25) is 19.2 Å². The van der Waals surface area contributed by atoms with Crippen molar-refractivity contribution in [3.8, 4) is 0 Å². The summed E-state index contributed by atoms with van der Waals surface area (Å²) in [6, 6.07) is 24.6. The fourth-order valence-electron chi connectivity index (χ4n) is 7.47. The van der Waals surface area contributed by atoms with Crippen LogP contribution in [0.5, 0.6) is 0 Å². The van der Waals surface area contributed by atoms with Crippen molar-refractivity contribution in [2.45, 2.75) is 147 Å². The van der Waals surface area contributed by atoms with Crippen molar-refractivity contribution >= 4 is 23.9 Å². The third-order valence-corrected chi connectivity index (χ3v) is 10.6. The fourth-order valence-corrected chi connectivity index (χ4v) is 7.47. The van der Waals surface area contributed by atoms with Crippen LogP contribution in [0.4, 0.5) is 0 Å². The number of methoxy groups -OCH3 is 1. The summed E-state index contributed by atoms with van der Waals surface area (Å²) in [4.78, 5) is 51.9. The van der Waals surface area contributed by atoms with Crippen LogP contribution >= 0.6 is 0 Å². The van der Waals surface area contributed by atoms with Crippen LogP contribution in [0.1, 0.15) is 86.5 Å². The number of carbonyl (C=O) groups excluding carboxylic acids is 4. The summed E-state index contributed by atoms with van der Waals surface area (Å²) in [5, 5.41) is 3.91. The molecular weight excluding hydrogens is 871 g/mol. The molecular formula is C49H63N3O15. The molecule has 0 N–H and O–H groups in total. The first-order valence-electron chi connectivity index (χ1n) is 24.0. The molecule has 13 atom stereocenters. The molecule has 2 saturated heterocycles. The lowest BCUT2D eigenvalue weighted by Crippen LogP contribution is -2.66. The van der Waals surface area contributed by atoms with Gasteiger partial charge in [0.2, 0.25) is 0 Å². The number of rotatable bonds is 27. The Hall–Kier alpha value is -5.43. The van der Waals surface area contributed by atoms with Gasteiger partial charge in [0.25, 0.3) is 0 Å². The van der Waals surface area contributed by atoms with Crippen molar-refractivity contribution < 1.29 is 75.4 Å². The molecule has 0 saturated carbocycles. The molecule has 2 heterocycles. The minimum Gasteiger partial charge on any atom is -0.469 e. The molecule has 364 valence electrons. The Labute approximate surface area is 395 Å². The summed E-state index contributed by atoms with van der Waals surface area (Å²) in [6.45, 7) is -1.35. The Balaban J connectivity index is 1.58. The molecule has 3 aromatic rings. The molecule has 18 heteroatoms. The molecule has 2 aliphatic rings. The largest absolute Gasteiger partial charge is 0.469 e. The first-order valence-corrected chi connectivity index (χ1v) is 22.3. The van der Waals surface area contributed by atoms with Crippen LogP contribution in [-0.4, -0.2) is 112 Å². The number of unbranched alkanes of at least 4 members (excludes halogenated alkanes) is 5. The van der Waals surface area contributed by atoms with E-state index in [0.29, 0.717) is 36.0 Å². The first kappa shape index (κ1) is 48.0. The van der Waals surface area contributed by atoms with Gasteiger partial charge in [0.15, 0.2) is 24.8 Å². The predicted octanol–water partition coefficient (Wildman–Crippen LogP) is 7.23. The molecule has 0 amide bonds. The molecule has 0 aromatic heterocycles. The number of hydrogen-bond acceptors (Lipinski definition) is 16. The summed E-state index contributed by atoms with van der Waals surface area (Å²) >= 11 is 0. The zero-order chi connectivity index (χ0) is 50.4. The maximum absolute atomic E-state index is 12.7. The number of nitrogens with zero attached hydrogens (tertiary/aromatic N) is 3. The maximum atomic E-state index is 12.7. The average molecular weight is 937 g/mol. The molecule has 3 aromatic carbocycles. The van der Waals surface area contributed by atoms with E-state index >= 15 is 0 Å². The lowest BCUT2D eigenvalue weighted by Gasteiger charge is -2.49. The highest BCUT2D eigenvalue weighted by atomic mass is 16.8. The molecule has 0 radical (unpaired) electrons. The molecule has 0 aliphatic carbocycles. The minimum atomic E-state index is -1.71. The Morgan fingerprint density at radius 1 is 0.612 bits per heavy atom. The second-order valence-corrected chi connectivity index (χ2v) is 15.8. The second-order valence-electron chi connectivity index (χ2n) is 15.8. The summed E-state index contributed by atoms with van der Waals surface area (Å²) in [5.74, 6) is -2.64. The lowest BCUT2D eigenvalue weighted by atomic mass is 9.95. The first-order chi connectivity index (χ1) is 33.8. The van der Waals surface area contributed by atoms with Gasteiger partial charge in [-0.15, -0.1) is 0 Å². The van der Waals surface area contributed by atoms with Crippen molar-refractivity contribution in [1.29, 1.82) is 0 Å². The Kier molecular flexibility index (Phi) is 20.6. The SMILES string of the molecule is [2H]C(OC[C@H]1OC(OCCCCCCCCC(=O)OC)[C@@H](O[C@H]2O[C@H](COC(C)=O)[C@@H](OC(C)=O)[C@H](OC(C)=O)[C@@H]2N=[N+]=[N-])[C@@H](OC([2H])c2ccccc2)[C@@H]1OC([2H])c1ccccc1)c1ccccc1. The van der Waals surface area contributed by atoms with E-state index in [-0.39, 0.29) is 19.2 Å². The number of carbonyl (C=O) groups is 4. The van der Waals surface area contributed by atoms with E-state index in [4.69, 9.17) is 53.5 Å². The zero-order valence-electron chi connectivity index (χ0n) is 41.2. The Morgan fingerprint density at radius 3 is 1.70 bits per heavy atom. The molecule has 2 fully saturated rings. The van der Waals surface area contributed by atoms with Crippen molar-refractivity contribution in [3.05, 3.63) is 118 Å². The van der Waals surface area contributed by atoms with E-state index in [1.54, 1.807) is 84.9 Å². The summed E-state index contributed by atoms with van der Waals surface area (Å²) < 4.78 is 94.5. The molecule has 2 aliphatic heterocycles. The molecule has 18 nitrogen and oxygen atoms in total. The molecule has 67 heavy (non-hydrogen) atoms. The highest BCUT2D eigenvalue weighted by Gasteiger charge is 2.55. The summed E-state index contributed by atoms with van der Waals surface area (Å²) in [7, 11) is 1.36. The lowest BCUT2D eigenvalue weighted by molar-refractivity contribution is -0.363. The smallest absolute Gasteiger partial charge is 0.305 e. The van der Waals surface area contributed by atoms with Crippen molar-refractivity contribution in [2.24, 2.45) is 5.11 Å². The van der Waals surface area contributed by atoms with Gasteiger partial charge >= 0.3 is 23.9 Å². The average Bonchev–Trinajstić information content (AvgIpc) is 3.35. The van der Waals surface area contributed by atoms with E-state index < -0.39 is 106 Å². The van der Waals surface area contributed by atoms with Crippen molar-refractivity contribution in [2.75, 3.05) is 26.9 Å². The monoisotopic (exact) mass is 936 g/mol. The highest BCUT2D eigenvalue weighted by molar-refractivity contribution is 5.69. The van der Waals surface area contributed by atoms with Gasteiger partial charge in [-0.25, -0.2) is 0 Å². The fraction of sp³-hybridized carbons (Fsp3) is 0.551. The van der Waals surface area contributed by atoms with E-state index in [1.165, 1.54) is 7.11 Å². The van der Waals surface area contributed by atoms with Crippen LogP contribution < -0.4 is 0 Å². The zero-order valence-corrected chi connectivity index (χ0v) is 38.2. The Morgan fingerprint density at radius 2 is 1.13 bits per heavy atom. The number of hydrogen-bond donors (Lipinski definition) is 0. The van der Waals surface area contributed by atoms with Crippen LogP contribution in [0, 0.1) is 0 Å². The van der Waals surface area contributed by atoms with Crippen LogP contribution in [0.25, 0.3) is 10.4 Å². The third-order valence-electron chi connectivity index (χ3n) is 10.6. The molecule has 0 bridgehead atoms. The second kappa shape index (κ2) is 28.7. The van der Waals surface area contributed by atoms with Gasteiger partial charge < -0.3 is 52.1 Å². The van der Waals surface area contributed by atoms with Gasteiger partial charge in [-0.2, -0.15) is 0 Å². The maximum Gasteiger partial charge on any atom is 0.305 e. The standard InChI is InChI=1S/C49H63N3O15/c1-33(53)60-32-40-44(63-34(2)54)45(64-35(3)55)42(51-52-50)48(65-40)67-47-46(62-30-38-24-16-11-17-25-38)43(61-29-37-22-14-10-15-23-37)39(31-58-28-36-20-12-9-13-21-36)66-49(47)59-27-19-8-6-5-7-18-26-41(56)57-4/h9-17,20-25,39-40,42-49H,5-8,18-19,26-32H2,1-4H3/t39-,40-,42+,43-,44-,45-,46+,47+,48-,49?/m1/s1/i28D,29D,30D/t28?,29?,30?,39-,40-,42+,43-,44-,45-,46+,47+,48-,49?. The van der Waals surface area contributed by atoms with Crippen LogP contribution in [-0.2, 0) is 91.0 Å². The van der Waals surface area contributed by atoms with Gasteiger partial charge in [-0.1, -0.05) is 122 Å². The minimum absolute atomic E-state index is 0.0998. The number of benzene rings is 3. The summed E-state index contributed by atoms with van der Waals surface area (Å²) in [6.07, 6.45) is -8.08. The topological polar surface area (TPSA) is 219 Å². The van der Waals surface area contributed by atoms with Crippen molar-refractivity contribution in [3.63, 3.8) is 0 Å². The molecule has 0 spiro atoms. The number of ether oxygens (including phenoxy) is 11. The van der Waals surface area contributed by atoms with Gasteiger partial charge in [0.1, 0.15) is 43.2 Å². The highest BCUT2D eigenvalue weighted by Crippen LogP contribution is 2.36. The van der Waals surface area contributed by atoms with E-state index in [1.807, 2.05) is 6.07 Å². The normalized spacial score (nSPS) is 26.8. The van der Waals surface area contributed by atoms with Gasteiger partial charge in [0.05, 0.1) is 37.6 Å². The van der Waals surface area contributed by atoms with E-state index in [9.17, 15) is 27.5 Å². The summed E-state index contributed by atoms with van der Waals surface area (Å²) in [5.41, 5.74) is 11.4. The van der Waals surface area contributed by atoms with E-state index in [2.05, 4.69) is 10.0 Å². The number of azide groups is 1. The Bertz CT molecular complexity index is 2110. The van der Waals surface area contributed by atoms with Gasteiger partial charge in [0, 0.05) is 38.7 Å². The van der Waals surface area contributed by atoms with Crippen LogP contribution in [0.3, 0.4) is 0 Å². The molecule has 5 rings (SSSR count). The van der Waals surface area contributed by atoms with Crippen LogP contribution in [0.2, 0.25) is 0 Å². The van der Waals surface area contributed by atoms with Crippen LogP contribution in [0.15, 0.2) is 96.1 Å². The molecule has 4 unspecified atom stereocenters. The van der Waals surface area contributed by atoms with Gasteiger partial charge in [-0.05, 0) is 35.1 Å². The van der Waals surface area contributed by atoms with E-state index in [0.717, 1.165) is 46.5 Å². The number of esters is 4. The third kappa shape index (κ3) is 17.6. The van der Waals surface area contributed by atoms with Crippen molar-refractivity contribution in [1.82, 2.24) is 0 Å².